The highest BCUT2D eigenvalue weighted by atomic mass is 16.5. The summed E-state index contributed by atoms with van der Waals surface area (Å²) in [5, 5.41) is 6.50. The minimum atomic E-state index is -0.0523. The van der Waals surface area contributed by atoms with Gasteiger partial charge in [-0.15, -0.1) is 0 Å². The zero-order valence-electron chi connectivity index (χ0n) is 12.0. The van der Waals surface area contributed by atoms with Crippen LogP contribution in [0.3, 0.4) is 0 Å². The van der Waals surface area contributed by atoms with Crippen LogP contribution in [0.25, 0.3) is 0 Å². The lowest BCUT2D eigenvalue weighted by atomic mass is 10.1. The lowest BCUT2D eigenvalue weighted by molar-refractivity contribution is 0.0737. The molecule has 0 unspecified atom stereocenters. The van der Waals surface area contributed by atoms with E-state index in [2.05, 4.69) is 10.2 Å². The second kappa shape index (κ2) is 6.23. The number of aromatic amines is 1. The Balaban J connectivity index is 1.99. The molecular formula is C15H19N3O2. The third kappa shape index (κ3) is 3.17. The molecule has 1 aromatic carbocycles. The van der Waals surface area contributed by atoms with E-state index in [9.17, 15) is 4.79 Å². The number of carbonyl (C=O) groups is 1. The van der Waals surface area contributed by atoms with Gasteiger partial charge in [-0.2, -0.15) is 5.10 Å². The number of amides is 1. The standard InChI is InChI=1S/C15H19N3O2/c1-11(10-12-4-6-13(20-3)7-5-12)18(2)15(19)14-8-9-16-17-14/h4-9,11H,10H2,1-3H3,(H,16,17)/t11-/m0/s1. The molecule has 0 aliphatic carbocycles. The van der Waals surface area contributed by atoms with Crippen LogP contribution in [0, 0.1) is 0 Å². The van der Waals surface area contributed by atoms with Crippen LogP contribution in [-0.2, 0) is 6.42 Å². The van der Waals surface area contributed by atoms with Crippen molar-refractivity contribution in [3.63, 3.8) is 0 Å². The normalized spacial score (nSPS) is 11.9. The monoisotopic (exact) mass is 273 g/mol. The van der Waals surface area contributed by atoms with Gasteiger partial charge in [-0.05, 0) is 37.1 Å². The summed E-state index contributed by atoms with van der Waals surface area (Å²) in [6.45, 7) is 2.03. The topological polar surface area (TPSA) is 58.2 Å². The minimum Gasteiger partial charge on any atom is -0.497 e. The molecule has 1 aromatic heterocycles. The number of likely N-dealkylation sites (N-methyl/N-ethyl adjacent to an activating group) is 1. The van der Waals surface area contributed by atoms with Crippen molar-refractivity contribution in [1.82, 2.24) is 15.1 Å². The van der Waals surface area contributed by atoms with Gasteiger partial charge in [-0.1, -0.05) is 12.1 Å². The van der Waals surface area contributed by atoms with Crippen LogP contribution in [-0.4, -0.2) is 41.2 Å². The molecule has 0 aliphatic rings. The van der Waals surface area contributed by atoms with E-state index >= 15 is 0 Å². The molecule has 0 fully saturated rings. The summed E-state index contributed by atoms with van der Waals surface area (Å²) in [4.78, 5) is 13.9. The first-order valence-corrected chi connectivity index (χ1v) is 6.51. The van der Waals surface area contributed by atoms with Crippen LogP contribution in [0.2, 0.25) is 0 Å². The highest BCUT2D eigenvalue weighted by molar-refractivity contribution is 5.92. The summed E-state index contributed by atoms with van der Waals surface area (Å²) in [5.41, 5.74) is 1.68. The van der Waals surface area contributed by atoms with E-state index in [-0.39, 0.29) is 11.9 Å². The molecule has 0 radical (unpaired) electrons. The van der Waals surface area contributed by atoms with Gasteiger partial charge in [0.2, 0.25) is 0 Å². The zero-order chi connectivity index (χ0) is 14.5. The molecule has 0 saturated carbocycles. The van der Waals surface area contributed by atoms with Crippen molar-refractivity contribution in [2.45, 2.75) is 19.4 Å². The maximum absolute atomic E-state index is 12.2. The summed E-state index contributed by atoms with van der Waals surface area (Å²) in [6, 6.07) is 9.67. The van der Waals surface area contributed by atoms with E-state index in [0.29, 0.717) is 5.69 Å². The fraction of sp³-hybridized carbons (Fsp3) is 0.333. The molecule has 106 valence electrons. The predicted molar refractivity (Wildman–Crippen MR) is 76.8 cm³/mol. The van der Waals surface area contributed by atoms with E-state index in [4.69, 9.17) is 4.74 Å². The lowest BCUT2D eigenvalue weighted by Gasteiger charge is -2.24. The van der Waals surface area contributed by atoms with Crippen molar-refractivity contribution in [3.05, 3.63) is 47.8 Å². The van der Waals surface area contributed by atoms with Crippen LogP contribution in [0.15, 0.2) is 36.5 Å². The SMILES string of the molecule is COc1ccc(C[C@H](C)N(C)C(=O)c2ccn[nH]2)cc1. The predicted octanol–water partition coefficient (Wildman–Crippen LogP) is 2.12. The van der Waals surface area contributed by atoms with Crippen molar-refractivity contribution in [2.24, 2.45) is 0 Å². The van der Waals surface area contributed by atoms with Gasteiger partial charge >= 0.3 is 0 Å². The molecule has 1 amide bonds. The lowest BCUT2D eigenvalue weighted by Crippen LogP contribution is -2.36. The number of hydrogen-bond acceptors (Lipinski definition) is 3. The van der Waals surface area contributed by atoms with Gasteiger partial charge < -0.3 is 9.64 Å². The molecule has 5 heteroatoms. The summed E-state index contributed by atoms with van der Waals surface area (Å²) >= 11 is 0. The average molecular weight is 273 g/mol. The molecule has 0 aliphatic heterocycles. The Kier molecular flexibility index (Phi) is 4.40. The van der Waals surface area contributed by atoms with Crippen molar-refractivity contribution < 1.29 is 9.53 Å². The zero-order valence-corrected chi connectivity index (χ0v) is 12.0. The van der Waals surface area contributed by atoms with Gasteiger partial charge in [-0.3, -0.25) is 9.89 Å². The fourth-order valence-corrected chi connectivity index (χ4v) is 2.00. The minimum absolute atomic E-state index is 0.0523. The summed E-state index contributed by atoms with van der Waals surface area (Å²) < 4.78 is 5.13. The molecule has 0 saturated heterocycles. The molecule has 0 bridgehead atoms. The smallest absolute Gasteiger partial charge is 0.271 e. The van der Waals surface area contributed by atoms with E-state index in [1.165, 1.54) is 5.56 Å². The Morgan fingerprint density at radius 3 is 2.60 bits per heavy atom. The molecule has 0 spiro atoms. The van der Waals surface area contributed by atoms with Crippen molar-refractivity contribution in [2.75, 3.05) is 14.2 Å². The van der Waals surface area contributed by atoms with Gasteiger partial charge in [0.05, 0.1) is 7.11 Å². The summed E-state index contributed by atoms with van der Waals surface area (Å²) in [7, 11) is 3.45. The Hall–Kier alpha value is -2.30. The Morgan fingerprint density at radius 1 is 1.35 bits per heavy atom. The third-order valence-electron chi connectivity index (χ3n) is 3.40. The Bertz CT molecular complexity index is 549. The molecule has 20 heavy (non-hydrogen) atoms. The summed E-state index contributed by atoms with van der Waals surface area (Å²) in [5.74, 6) is 0.784. The first kappa shape index (κ1) is 14.1. The molecular weight excluding hydrogens is 254 g/mol. The first-order chi connectivity index (χ1) is 9.61. The highest BCUT2D eigenvalue weighted by Gasteiger charge is 2.18. The number of H-pyrrole nitrogens is 1. The molecule has 5 nitrogen and oxygen atoms in total. The van der Waals surface area contributed by atoms with Crippen LogP contribution in [0.5, 0.6) is 5.75 Å². The van der Waals surface area contributed by atoms with E-state index in [0.717, 1.165) is 12.2 Å². The second-order valence-corrected chi connectivity index (χ2v) is 4.79. The molecule has 2 rings (SSSR count). The van der Waals surface area contributed by atoms with Gasteiger partial charge in [0.1, 0.15) is 11.4 Å². The van der Waals surface area contributed by atoms with E-state index in [1.54, 1.807) is 31.3 Å². The number of benzene rings is 1. The number of ether oxygens (including phenoxy) is 1. The third-order valence-corrected chi connectivity index (χ3v) is 3.40. The van der Waals surface area contributed by atoms with Gasteiger partial charge in [0, 0.05) is 19.3 Å². The fourth-order valence-electron chi connectivity index (χ4n) is 2.00. The second-order valence-electron chi connectivity index (χ2n) is 4.79. The molecule has 1 heterocycles. The Morgan fingerprint density at radius 2 is 2.05 bits per heavy atom. The van der Waals surface area contributed by atoms with Crippen molar-refractivity contribution in [3.8, 4) is 5.75 Å². The summed E-state index contributed by atoms with van der Waals surface area (Å²) in [6.07, 6.45) is 2.37. The maximum Gasteiger partial charge on any atom is 0.271 e. The highest BCUT2D eigenvalue weighted by Crippen LogP contribution is 2.14. The molecule has 1 N–H and O–H groups in total. The number of hydrogen-bond donors (Lipinski definition) is 1. The van der Waals surface area contributed by atoms with Crippen molar-refractivity contribution in [1.29, 1.82) is 0 Å². The van der Waals surface area contributed by atoms with Crippen LogP contribution in [0.4, 0.5) is 0 Å². The molecule has 2 aromatic rings. The van der Waals surface area contributed by atoms with Crippen molar-refractivity contribution >= 4 is 5.91 Å². The van der Waals surface area contributed by atoms with E-state index < -0.39 is 0 Å². The number of aromatic nitrogens is 2. The van der Waals surface area contributed by atoms with Gasteiger partial charge in [0.15, 0.2) is 0 Å². The average Bonchev–Trinajstić information content (AvgIpc) is 3.00. The van der Waals surface area contributed by atoms with Gasteiger partial charge in [-0.25, -0.2) is 0 Å². The maximum atomic E-state index is 12.2. The number of rotatable bonds is 5. The quantitative estimate of drug-likeness (QED) is 0.907. The van der Waals surface area contributed by atoms with Crippen LogP contribution < -0.4 is 4.74 Å². The number of carbonyl (C=O) groups excluding carboxylic acids is 1. The number of nitrogens with one attached hydrogen (secondary N) is 1. The number of methoxy groups -OCH3 is 1. The molecule has 1 atom stereocenters. The van der Waals surface area contributed by atoms with Crippen LogP contribution >= 0.6 is 0 Å². The number of nitrogens with zero attached hydrogens (tertiary/aromatic N) is 2. The van der Waals surface area contributed by atoms with Gasteiger partial charge in [0.25, 0.3) is 5.91 Å². The van der Waals surface area contributed by atoms with Crippen LogP contribution in [0.1, 0.15) is 23.0 Å². The largest absolute Gasteiger partial charge is 0.497 e. The van der Waals surface area contributed by atoms with E-state index in [1.807, 2.05) is 31.2 Å². The first-order valence-electron chi connectivity index (χ1n) is 6.51. The Labute approximate surface area is 118 Å².